The fraction of sp³-hybridized carbons (Fsp3) is 0.556. The lowest BCUT2D eigenvalue weighted by Gasteiger charge is -2.27. The molecule has 0 aromatic carbocycles. The Morgan fingerprint density at radius 2 is 1.76 bits per heavy atom. The first-order valence-corrected chi connectivity index (χ1v) is 10.1. The number of nitrogens with zero attached hydrogens (tertiary/aromatic N) is 5. The number of nitrogens with one attached hydrogen (secondary N) is 1. The van der Waals surface area contributed by atoms with Crippen molar-refractivity contribution in [3.63, 3.8) is 0 Å². The molecule has 2 aliphatic rings. The van der Waals surface area contributed by atoms with Crippen molar-refractivity contribution in [1.29, 1.82) is 0 Å². The monoisotopic (exact) mass is 354 g/mol. The molecule has 3 aromatic heterocycles. The molecule has 3 aromatic rings. The quantitative estimate of drug-likeness (QED) is 0.759. The molecule has 0 saturated carbocycles. The van der Waals surface area contributed by atoms with Crippen molar-refractivity contribution in [3.8, 4) is 0 Å². The summed E-state index contributed by atoms with van der Waals surface area (Å²) in [7, 11) is 1.97. The smallest absolute Gasteiger partial charge is 0.172 e. The van der Waals surface area contributed by atoms with Gasteiger partial charge in [-0.25, -0.2) is 4.98 Å². The van der Waals surface area contributed by atoms with Crippen LogP contribution in [0.2, 0.25) is 0 Å². The van der Waals surface area contributed by atoms with E-state index in [9.17, 15) is 0 Å². The molecule has 1 aliphatic heterocycles. The first kappa shape index (κ1) is 15.3. The van der Waals surface area contributed by atoms with Gasteiger partial charge in [0.1, 0.15) is 20.9 Å². The second-order valence-corrected chi connectivity index (χ2v) is 7.99. The van der Waals surface area contributed by atoms with Crippen molar-refractivity contribution in [2.75, 3.05) is 30.4 Å². The van der Waals surface area contributed by atoms with Gasteiger partial charge in [0.25, 0.3) is 0 Å². The van der Waals surface area contributed by atoms with E-state index < -0.39 is 0 Å². The van der Waals surface area contributed by atoms with Crippen LogP contribution in [0.3, 0.4) is 0 Å². The first-order chi connectivity index (χ1) is 12.4. The zero-order valence-corrected chi connectivity index (χ0v) is 15.3. The van der Waals surface area contributed by atoms with Gasteiger partial charge in [-0.1, -0.05) is 0 Å². The molecule has 0 bridgehead atoms. The van der Waals surface area contributed by atoms with Crippen molar-refractivity contribution >= 4 is 43.4 Å². The summed E-state index contributed by atoms with van der Waals surface area (Å²) >= 11 is 1.73. The van der Waals surface area contributed by atoms with Crippen LogP contribution >= 0.6 is 11.3 Å². The normalized spacial score (nSPS) is 17.9. The maximum Gasteiger partial charge on any atom is 0.172 e. The van der Waals surface area contributed by atoms with E-state index in [1.54, 1.807) is 11.3 Å². The predicted octanol–water partition coefficient (Wildman–Crippen LogP) is 3.55. The van der Waals surface area contributed by atoms with Crippen LogP contribution in [-0.4, -0.2) is 40.5 Å². The molecule has 0 amide bonds. The van der Waals surface area contributed by atoms with Crippen molar-refractivity contribution in [1.82, 2.24) is 20.4 Å². The maximum absolute atomic E-state index is 4.92. The van der Waals surface area contributed by atoms with Gasteiger partial charge in [0.05, 0.1) is 0 Å². The van der Waals surface area contributed by atoms with Gasteiger partial charge in [0.2, 0.25) is 0 Å². The third-order valence-corrected chi connectivity index (χ3v) is 6.58. The van der Waals surface area contributed by atoms with Crippen molar-refractivity contribution in [2.45, 2.75) is 44.9 Å². The fourth-order valence-corrected chi connectivity index (χ4v) is 5.45. The van der Waals surface area contributed by atoms with E-state index in [4.69, 9.17) is 4.98 Å². The van der Waals surface area contributed by atoms with Crippen LogP contribution in [-0.2, 0) is 12.8 Å². The Bertz CT molecular complexity index is 944. The number of thiophene rings is 1. The molecule has 1 aliphatic carbocycles. The lowest BCUT2D eigenvalue weighted by molar-refractivity contribution is 0.571. The lowest BCUT2D eigenvalue weighted by atomic mass is 9.90. The van der Waals surface area contributed by atoms with Crippen molar-refractivity contribution < 1.29 is 0 Å². The van der Waals surface area contributed by atoms with Crippen LogP contribution in [0.25, 0.3) is 20.4 Å². The number of anilines is 2. The van der Waals surface area contributed by atoms with Crippen LogP contribution < -0.4 is 10.2 Å². The van der Waals surface area contributed by atoms with E-state index in [0.717, 1.165) is 52.6 Å². The third kappa shape index (κ3) is 2.36. The van der Waals surface area contributed by atoms with Gasteiger partial charge in [-0.15, -0.1) is 21.5 Å². The number of piperidine rings is 1. The highest BCUT2D eigenvalue weighted by molar-refractivity contribution is 7.26. The topological polar surface area (TPSA) is 66.8 Å². The zero-order valence-electron chi connectivity index (χ0n) is 14.5. The summed E-state index contributed by atoms with van der Waals surface area (Å²) in [5, 5.41) is 17.5. The summed E-state index contributed by atoms with van der Waals surface area (Å²) in [5.74, 6) is 2.04. The number of aryl methyl sites for hydroxylation is 1. The molecule has 7 heteroatoms. The predicted molar refractivity (Wildman–Crippen MR) is 103 cm³/mol. The molecule has 1 N–H and O–H groups in total. The maximum atomic E-state index is 4.92. The molecule has 25 heavy (non-hydrogen) atoms. The van der Waals surface area contributed by atoms with Crippen LogP contribution in [0.1, 0.15) is 43.2 Å². The highest BCUT2D eigenvalue weighted by atomic mass is 32.1. The van der Waals surface area contributed by atoms with Crippen LogP contribution in [0, 0.1) is 0 Å². The highest BCUT2D eigenvalue weighted by Gasteiger charge is 2.25. The second kappa shape index (κ2) is 6.05. The van der Waals surface area contributed by atoms with Gasteiger partial charge >= 0.3 is 0 Å². The van der Waals surface area contributed by atoms with E-state index in [2.05, 4.69) is 25.6 Å². The Morgan fingerprint density at radius 3 is 2.56 bits per heavy atom. The molecule has 0 spiro atoms. The van der Waals surface area contributed by atoms with Gasteiger partial charge in [-0.2, -0.15) is 0 Å². The van der Waals surface area contributed by atoms with Gasteiger partial charge < -0.3 is 10.2 Å². The first-order valence-electron chi connectivity index (χ1n) is 9.27. The van der Waals surface area contributed by atoms with Gasteiger partial charge in [0, 0.05) is 25.5 Å². The van der Waals surface area contributed by atoms with Crippen LogP contribution in [0.4, 0.5) is 11.6 Å². The zero-order chi connectivity index (χ0) is 16.8. The Balaban J connectivity index is 1.78. The van der Waals surface area contributed by atoms with Gasteiger partial charge in [-0.05, 0) is 61.3 Å². The average Bonchev–Trinajstić information content (AvgIpc) is 3.06. The molecule has 5 rings (SSSR count). The molecular formula is C18H22N6S. The minimum Gasteiger partial charge on any atom is -0.373 e. The highest BCUT2D eigenvalue weighted by Crippen LogP contribution is 2.42. The summed E-state index contributed by atoms with van der Waals surface area (Å²) in [6, 6.07) is 0. The number of pyridine rings is 1. The molecular weight excluding hydrogens is 332 g/mol. The minimum atomic E-state index is 1.00. The van der Waals surface area contributed by atoms with Gasteiger partial charge in [0.15, 0.2) is 5.82 Å². The molecule has 130 valence electrons. The van der Waals surface area contributed by atoms with E-state index in [1.807, 2.05) is 7.05 Å². The van der Waals surface area contributed by atoms with E-state index >= 15 is 0 Å². The Labute approximate surface area is 150 Å². The molecule has 0 atom stereocenters. The average molecular weight is 354 g/mol. The standard InChI is InChI=1S/C18H22N6S/c1-19-16-12-8-4-3-7-11(12)13-14-15(25-18(13)20-16)17(22-23-21-14)24-9-5-2-6-10-24/h2-10H2,1H3,(H,19,20). The van der Waals surface area contributed by atoms with Crippen molar-refractivity contribution in [3.05, 3.63) is 11.1 Å². The van der Waals surface area contributed by atoms with E-state index in [0.29, 0.717) is 0 Å². The molecule has 1 fully saturated rings. The molecule has 0 radical (unpaired) electrons. The number of aromatic nitrogens is 4. The van der Waals surface area contributed by atoms with Crippen LogP contribution in [0.15, 0.2) is 0 Å². The number of hydrogen-bond donors (Lipinski definition) is 1. The van der Waals surface area contributed by atoms with E-state index in [1.165, 1.54) is 48.6 Å². The number of fused-ring (bicyclic) bond motifs is 5. The lowest BCUT2D eigenvalue weighted by Crippen LogP contribution is -2.30. The summed E-state index contributed by atoms with van der Waals surface area (Å²) in [6.07, 6.45) is 8.46. The summed E-state index contributed by atoms with van der Waals surface area (Å²) in [6.45, 7) is 2.13. The molecule has 0 unspecified atom stereocenters. The fourth-order valence-electron chi connectivity index (χ4n) is 4.29. The van der Waals surface area contributed by atoms with Crippen molar-refractivity contribution in [2.24, 2.45) is 0 Å². The second-order valence-electron chi connectivity index (χ2n) is 7.00. The van der Waals surface area contributed by atoms with E-state index in [-0.39, 0.29) is 0 Å². The van der Waals surface area contributed by atoms with Crippen LogP contribution in [0.5, 0.6) is 0 Å². The Kier molecular flexibility index (Phi) is 3.69. The molecule has 6 nitrogen and oxygen atoms in total. The third-order valence-electron chi connectivity index (χ3n) is 5.51. The summed E-state index contributed by atoms with van der Waals surface area (Å²) in [5.41, 5.74) is 3.81. The van der Waals surface area contributed by atoms with Gasteiger partial charge in [-0.3, -0.25) is 0 Å². The summed E-state index contributed by atoms with van der Waals surface area (Å²) in [4.78, 5) is 8.37. The Hall–Kier alpha value is -2.02. The molecule has 1 saturated heterocycles. The minimum absolute atomic E-state index is 1.00. The largest absolute Gasteiger partial charge is 0.373 e. The summed E-state index contributed by atoms with van der Waals surface area (Å²) < 4.78 is 1.15. The Morgan fingerprint density at radius 1 is 0.960 bits per heavy atom. The SMILES string of the molecule is CNc1nc2sc3c(N4CCCCC4)nnnc3c2c2c1CCCC2. The number of hydrogen-bond acceptors (Lipinski definition) is 7. The molecule has 4 heterocycles. The number of rotatable bonds is 2.